The van der Waals surface area contributed by atoms with E-state index in [0.717, 1.165) is 40.1 Å². The monoisotopic (exact) mass is 292 g/mol. The minimum Gasteiger partial charge on any atom is -0.396 e. The Balaban J connectivity index is 1.93. The smallest absolute Gasteiger partial charge is 0.253 e. The molecule has 1 aromatic carbocycles. The number of aromatic nitrogens is 1. The largest absolute Gasteiger partial charge is 0.396 e. The van der Waals surface area contributed by atoms with Crippen LogP contribution in [0.15, 0.2) is 24.3 Å². The average Bonchev–Trinajstić information content (AvgIpc) is 2.78. The molecule has 1 amide bonds. The molecule has 0 radical (unpaired) electrons. The number of benzene rings is 1. The molecule has 1 aromatic heterocycles. The molecule has 108 valence electrons. The number of fused-ring (bicyclic) bond motifs is 1. The van der Waals surface area contributed by atoms with Gasteiger partial charge >= 0.3 is 0 Å². The zero-order chi connectivity index (χ0) is 14.4. The Labute approximate surface area is 123 Å². The van der Waals surface area contributed by atoms with Crippen LogP contribution in [0, 0.1) is 6.92 Å². The average molecular weight is 292 g/mol. The van der Waals surface area contributed by atoms with Crippen molar-refractivity contribution in [1.29, 1.82) is 0 Å². The van der Waals surface area contributed by atoms with E-state index < -0.39 is 0 Å². The maximum atomic E-state index is 12.2. The number of carbonyl (C=O) groups is 1. The molecule has 1 heterocycles. The van der Waals surface area contributed by atoms with Crippen LogP contribution in [0.5, 0.6) is 0 Å². The molecule has 0 atom stereocenters. The van der Waals surface area contributed by atoms with Gasteiger partial charge in [-0.2, -0.15) is 11.8 Å². The predicted molar refractivity (Wildman–Crippen MR) is 84.4 cm³/mol. The zero-order valence-corrected chi connectivity index (χ0v) is 12.4. The van der Waals surface area contributed by atoms with E-state index in [-0.39, 0.29) is 12.5 Å². The van der Waals surface area contributed by atoms with Gasteiger partial charge in [0.1, 0.15) is 0 Å². The second-order valence-corrected chi connectivity index (χ2v) is 5.84. The molecular formula is C15H20N2O2S. The van der Waals surface area contributed by atoms with Crippen LogP contribution in [0.4, 0.5) is 0 Å². The van der Waals surface area contributed by atoms with Crippen molar-refractivity contribution in [2.24, 2.45) is 0 Å². The lowest BCUT2D eigenvalue weighted by Crippen LogP contribution is -2.26. The van der Waals surface area contributed by atoms with Gasteiger partial charge in [0.25, 0.3) is 5.91 Å². The molecule has 20 heavy (non-hydrogen) atoms. The van der Waals surface area contributed by atoms with Gasteiger partial charge in [0.05, 0.1) is 5.56 Å². The molecule has 4 nitrogen and oxygen atoms in total. The van der Waals surface area contributed by atoms with E-state index in [9.17, 15) is 4.79 Å². The molecule has 5 heteroatoms. The van der Waals surface area contributed by atoms with E-state index in [1.165, 1.54) is 0 Å². The van der Waals surface area contributed by atoms with E-state index in [2.05, 4.69) is 10.3 Å². The van der Waals surface area contributed by atoms with Crippen LogP contribution in [0.25, 0.3) is 10.9 Å². The molecule has 2 rings (SSSR count). The lowest BCUT2D eigenvalue weighted by Gasteiger charge is -2.05. The van der Waals surface area contributed by atoms with E-state index in [0.29, 0.717) is 6.54 Å². The van der Waals surface area contributed by atoms with Crippen LogP contribution in [0.1, 0.15) is 22.5 Å². The van der Waals surface area contributed by atoms with Gasteiger partial charge in [0, 0.05) is 35.5 Å². The van der Waals surface area contributed by atoms with Crippen LogP contribution >= 0.6 is 11.8 Å². The number of rotatable bonds is 7. The summed E-state index contributed by atoms with van der Waals surface area (Å²) in [5.74, 6) is 1.77. The van der Waals surface area contributed by atoms with Crippen LogP contribution in [0.3, 0.4) is 0 Å². The molecule has 0 unspecified atom stereocenters. The first-order valence-corrected chi connectivity index (χ1v) is 7.93. The molecule has 0 spiro atoms. The number of aliphatic hydroxyl groups is 1. The SMILES string of the molecule is Cc1[nH]c2ccccc2c1C(=O)NCCSCCCO. The van der Waals surface area contributed by atoms with Gasteiger partial charge in [-0.05, 0) is 25.2 Å². The highest BCUT2D eigenvalue weighted by molar-refractivity contribution is 7.99. The second-order valence-electron chi connectivity index (χ2n) is 4.62. The molecule has 3 N–H and O–H groups in total. The second kappa shape index (κ2) is 7.36. The number of carbonyl (C=O) groups excluding carboxylic acids is 1. The fourth-order valence-electron chi connectivity index (χ4n) is 2.16. The van der Waals surface area contributed by atoms with E-state index in [1.807, 2.05) is 31.2 Å². The molecular weight excluding hydrogens is 272 g/mol. The van der Waals surface area contributed by atoms with Crippen molar-refractivity contribution in [3.05, 3.63) is 35.5 Å². The third kappa shape index (κ3) is 3.55. The Bertz CT molecular complexity index is 580. The van der Waals surface area contributed by atoms with Crippen molar-refractivity contribution in [2.75, 3.05) is 24.7 Å². The first-order valence-electron chi connectivity index (χ1n) is 6.78. The van der Waals surface area contributed by atoms with E-state index in [4.69, 9.17) is 5.11 Å². The number of aromatic amines is 1. The number of thioether (sulfide) groups is 1. The highest BCUT2D eigenvalue weighted by Crippen LogP contribution is 2.21. The van der Waals surface area contributed by atoms with Gasteiger partial charge in [-0.3, -0.25) is 4.79 Å². The lowest BCUT2D eigenvalue weighted by atomic mass is 10.1. The van der Waals surface area contributed by atoms with Crippen LogP contribution in [0.2, 0.25) is 0 Å². The topological polar surface area (TPSA) is 65.1 Å². The van der Waals surface area contributed by atoms with Crippen molar-refractivity contribution in [3.8, 4) is 0 Å². The molecule has 0 aliphatic carbocycles. The Morgan fingerprint density at radius 1 is 1.35 bits per heavy atom. The number of para-hydroxylation sites is 1. The summed E-state index contributed by atoms with van der Waals surface area (Å²) in [5.41, 5.74) is 2.63. The summed E-state index contributed by atoms with van der Waals surface area (Å²) in [5, 5.41) is 12.6. The molecule has 0 aliphatic heterocycles. The molecule has 0 aliphatic rings. The van der Waals surface area contributed by atoms with Crippen molar-refractivity contribution in [1.82, 2.24) is 10.3 Å². The Morgan fingerprint density at radius 2 is 2.15 bits per heavy atom. The third-order valence-corrected chi connectivity index (χ3v) is 4.17. The number of aliphatic hydroxyl groups excluding tert-OH is 1. The van der Waals surface area contributed by atoms with Crippen molar-refractivity contribution < 1.29 is 9.90 Å². The van der Waals surface area contributed by atoms with Gasteiger partial charge in [-0.25, -0.2) is 0 Å². The highest BCUT2D eigenvalue weighted by atomic mass is 32.2. The minimum atomic E-state index is -0.0253. The molecule has 0 fully saturated rings. The standard InChI is InChI=1S/C15H20N2O2S/c1-11-14(12-5-2-3-6-13(12)17-11)15(19)16-7-10-20-9-4-8-18/h2-3,5-6,17-18H,4,7-10H2,1H3,(H,16,19). The summed E-state index contributed by atoms with van der Waals surface area (Å²) in [6, 6.07) is 7.84. The van der Waals surface area contributed by atoms with Gasteiger partial charge in [0.15, 0.2) is 0 Å². The lowest BCUT2D eigenvalue weighted by molar-refractivity contribution is 0.0957. The van der Waals surface area contributed by atoms with Gasteiger partial charge in [-0.1, -0.05) is 18.2 Å². The number of nitrogens with one attached hydrogen (secondary N) is 2. The van der Waals surface area contributed by atoms with E-state index in [1.54, 1.807) is 11.8 Å². The van der Waals surface area contributed by atoms with Crippen molar-refractivity contribution >= 4 is 28.6 Å². The summed E-state index contributed by atoms with van der Waals surface area (Å²) in [4.78, 5) is 15.5. The fourth-order valence-corrected chi connectivity index (χ4v) is 2.95. The molecule has 2 aromatic rings. The first kappa shape index (κ1) is 14.9. The summed E-state index contributed by atoms with van der Waals surface area (Å²) in [6.07, 6.45) is 0.806. The Hall–Kier alpha value is -1.46. The Morgan fingerprint density at radius 3 is 2.95 bits per heavy atom. The third-order valence-electron chi connectivity index (χ3n) is 3.10. The van der Waals surface area contributed by atoms with Gasteiger partial charge in [0.2, 0.25) is 0 Å². The predicted octanol–water partition coefficient (Wildman–Crippen LogP) is 2.32. The first-order chi connectivity index (χ1) is 9.74. The molecule has 0 saturated heterocycles. The van der Waals surface area contributed by atoms with Gasteiger partial charge < -0.3 is 15.4 Å². The summed E-state index contributed by atoms with van der Waals surface area (Å²) < 4.78 is 0. The van der Waals surface area contributed by atoms with E-state index >= 15 is 0 Å². The number of aryl methyl sites for hydroxylation is 1. The Kier molecular flexibility index (Phi) is 5.49. The number of amides is 1. The van der Waals surface area contributed by atoms with Crippen LogP contribution in [-0.4, -0.2) is 40.7 Å². The van der Waals surface area contributed by atoms with Crippen LogP contribution in [-0.2, 0) is 0 Å². The number of H-pyrrole nitrogens is 1. The normalized spacial score (nSPS) is 10.9. The summed E-state index contributed by atoms with van der Waals surface area (Å²) >= 11 is 1.74. The fraction of sp³-hybridized carbons (Fsp3) is 0.400. The van der Waals surface area contributed by atoms with Crippen molar-refractivity contribution in [2.45, 2.75) is 13.3 Å². The molecule has 0 saturated carbocycles. The minimum absolute atomic E-state index is 0.0253. The van der Waals surface area contributed by atoms with Crippen LogP contribution < -0.4 is 5.32 Å². The number of hydrogen-bond acceptors (Lipinski definition) is 3. The van der Waals surface area contributed by atoms with Crippen molar-refractivity contribution in [3.63, 3.8) is 0 Å². The quantitative estimate of drug-likeness (QED) is 0.686. The maximum absolute atomic E-state index is 12.2. The number of hydrogen-bond donors (Lipinski definition) is 3. The maximum Gasteiger partial charge on any atom is 0.253 e. The zero-order valence-electron chi connectivity index (χ0n) is 11.6. The highest BCUT2D eigenvalue weighted by Gasteiger charge is 2.14. The summed E-state index contributed by atoms with van der Waals surface area (Å²) in [7, 11) is 0. The summed E-state index contributed by atoms with van der Waals surface area (Å²) in [6.45, 7) is 2.80. The molecule has 0 bridgehead atoms. The van der Waals surface area contributed by atoms with Gasteiger partial charge in [-0.15, -0.1) is 0 Å².